The molecule has 0 unspecified atom stereocenters. The Morgan fingerprint density at radius 3 is 2.46 bits per heavy atom. The topological polar surface area (TPSA) is 47.0 Å². The second kappa shape index (κ2) is 8.13. The van der Waals surface area contributed by atoms with Crippen LogP contribution in [-0.2, 0) is 11.2 Å². The summed E-state index contributed by atoms with van der Waals surface area (Å²) in [6, 6.07) is 10.3. The van der Waals surface area contributed by atoms with Gasteiger partial charge in [0, 0.05) is 26.2 Å². The first-order chi connectivity index (χ1) is 13.5. The Morgan fingerprint density at radius 2 is 1.71 bits per heavy atom. The number of β-amino-alcohol motifs (C(OH)–C–C–N with tert-alkyl or cyclic N) is 1. The lowest BCUT2D eigenvalue weighted by Crippen LogP contribution is -2.58. The minimum Gasteiger partial charge on any atom is -0.379 e. The van der Waals surface area contributed by atoms with Crippen molar-refractivity contribution in [1.29, 1.82) is 0 Å². The van der Waals surface area contributed by atoms with E-state index in [-0.39, 0.29) is 5.91 Å². The van der Waals surface area contributed by atoms with Crippen molar-refractivity contribution in [3.8, 4) is 0 Å². The molecule has 4 rings (SSSR count). The van der Waals surface area contributed by atoms with E-state index < -0.39 is 5.60 Å². The van der Waals surface area contributed by atoms with E-state index in [2.05, 4.69) is 29.0 Å². The molecule has 3 heterocycles. The Hall–Kier alpha value is -1.43. The molecule has 5 nitrogen and oxygen atoms in total. The minimum atomic E-state index is -1.20. The van der Waals surface area contributed by atoms with Gasteiger partial charge in [0.15, 0.2) is 5.60 Å². The normalized spacial score (nSPS) is 28.9. The molecule has 1 N–H and O–H groups in total. The SMILES string of the molecule is CN1CCC2(CC1)CCN(C[C@]1(O)CCCN(CCc3ccccc3)C1=O)C2. The van der Waals surface area contributed by atoms with Gasteiger partial charge in [0.05, 0.1) is 0 Å². The lowest BCUT2D eigenvalue weighted by molar-refractivity contribution is -0.159. The van der Waals surface area contributed by atoms with Crippen LogP contribution < -0.4 is 0 Å². The summed E-state index contributed by atoms with van der Waals surface area (Å²) in [5.74, 6) is -0.0565. The standard InChI is InChI=1S/C23H35N3O2/c1-24-15-10-22(11-16-24)12-17-25(18-22)19-23(28)9-5-13-26(21(23)27)14-8-20-6-3-2-4-7-20/h2-4,6-7,28H,5,8-19H2,1H3/t23-/m1/s1. The fraction of sp³-hybridized carbons (Fsp3) is 0.696. The van der Waals surface area contributed by atoms with Crippen molar-refractivity contribution in [3.05, 3.63) is 35.9 Å². The third kappa shape index (κ3) is 4.27. The highest BCUT2D eigenvalue weighted by Crippen LogP contribution is 2.41. The number of amides is 1. The zero-order chi connectivity index (χ0) is 19.6. The maximum absolute atomic E-state index is 13.1. The molecule has 1 spiro atoms. The number of aliphatic hydroxyl groups is 1. The van der Waals surface area contributed by atoms with Crippen molar-refractivity contribution >= 4 is 5.91 Å². The largest absolute Gasteiger partial charge is 0.379 e. The summed E-state index contributed by atoms with van der Waals surface area (Å²) in [4.78, 5) is 19.8. The van der Waals surface area contributed by atoms with Gasteiger partial charge >= 0.3 is 0 Å². The Labute approximate surface area is 169 Å². The molecular weight excluding hydrogens is 350 g/mol. The van der Waals surface area contributed by atoms with Crippen LogP contribution >= 0.6 is 0 Å². The number of rotatable bonds is 5. The van der Waals surface area contributed by atoms with Crippen LogP contribution in [0.4, 0.5) is 0 Å². The van der Waals surface area contributed by atoms with E-state index in [0.29, 0.717) is 24.9 Å². The average Bonchev–Trinajstić information content (AvgIpc) is 3.08. The molecule has 0 saturated carbocycles. The fourth-order valence-corrected chi connectivity index (χ4v) is 5.37. The lowest BCUT2D eigenvalue weighted by Gasteiger charge is -2.41. The molecule has 28 heavy (non-hydrogen) atoms. The van der Waals surface area contributed by atoms with Gasteiger partial charge in [0.2, 0.25) is 0 Å². The number of carbonyl (C=O) groups excluding carboxylic acids is 1. The van der Waals surface area contributed by atoms with Crippen LogP contribution in [0.15, 0.2) is 30.3 Å². The summed E-state index contributed by atoms with van der Waals surface area (Å²) >= 11 is 0. The lowest BCUT2D eigenvalue weighted by atomic mass is 9.78. The van der Waals surface area contributed by atoms with Crippen molar-refractivity contribution in [2.24, 2.45) is 5.41 Å². The summed E-state index contributed by atoms with van der Waals surface area (Å²) < 4.78 is 0. The number of piperidine rings is 2. The summed E-state index contributed by atoms with van der Waals surface area (Å²) in [5.41, 5.74) is 0.452. The molecule has 1 atom stereocenters. The molecule has 0 radical (unpaired) electrons. The van der Waals surface area contributed by atoms with E-state index in [9.17, 15) is 9.90 Å². The zero-order valence-electron chi connectivity index (χ0n) is 17.3. The molecule has 3 aliphatic heterocycles. The third-order valence-corrected chi connectivity index (χ3v) is 7.27. The highest BCUT2D eigenvalue weighted by Gasteiger charge is 2.47. The van der Waals surface area contributed by atoms with E-state index in [0.717, 1.165) is 32.5 Å². The van der Waals surface area contributed by atoms with Crippen LogP contribution in [0, 0.1) is 5.41 Å². The zero-order valence-corrected chi connectivity index (χ0v) is 17.3. The summed E-state index contributed by atoms with van der Waals surface area (Å²) in [6.45, 7) is 6.37. The number of carbonyl (C=O) groups is 1. The average molecular weight is 386 g/mol. The molecule has 1 aromatic rings. The van der Waals surface area contributed by atoms with Crippen molar-refractivity contribution in [3.63, 3.8) is 0 Å². The minimum absolute atomic E-state index is 0.0565. The number of hydrogen-bond donors (Lipinski definition) is 1. The number of benzene rings is 1. The van der Waals surface area contributed by atoms with Gasteiger partial charge in [0.1, 0.15) is 0 Å². The molecular formula is C23H35N3O2. The van der Waals surface area contributed by atoms with Crippen LogP contribution in [0.1, 0.15) is 37.7 Å². The first kappa shape index (κ1) is 19.9. The third-order valence-electron chi connectivity index (χ3n) is 7.27. The van der Waals surface area contributed by atoms with E-state index in [1.807, 2.05) is 23.1 Å². The summed E-state index contributed by atoms with van der Waals surface area (Å²) in [7, 11) is 2.20. The first-order valence-corrected chi connectivity index (χ1v) is 10.9. The second-order valence-corrected chi connectivity index (χ2v) is 9.43. The molecule has 1 amide bonds. The molecule has 0 aliphatic carbocycles. The molecule has 3 aliphatic rings. The smallest absolute Gasteiger partial charge is 0.255 e. The Kier molecular flexibility index (Phi) is 5.77. The molecule has 3 saturated heterocycles. The van der Waals surface area contributed by atoms with Crippen molar-refractivity contribution < 1.29 is 9.90 Å². The molecule has 0 aromatic heterocycles. The highest BCUT2D eigenvalue weighted by molar-refractivity contribution is 5.86. The van der Waals surface area contributed by atoms with Crippen molar-refractivity contribution in [1.82, 2.24) is 14.7 Å². The predicted octanol–water partition coefficient (Wildman–Crippen LogP) is 2.00. The van der Waals surface area contributed by atoms with Gasteiger partial charge in [-0.2, -0.15) is 0 Å². The fourth-order valence-electron chi connectivity index (χ4n) is 5.37. The van der Waals surface area contributed by atoms with E-state index in [1.54, 1.807) is 0 Å². The van der Waals surface area contributed by atoms with Crippen LogP contribution in [0.25, 0.3) is 0 Å². The van der Waals surface area contributed by atoms with Crippen LogP contribution in [-0.4, -0.2) is 84.2 Å². The van der Waals surface area contributed by atoms with E-state index in [4.69, 9.17) is 0 Å². The van der Waals surface area contributed by atoms with Crippen LogP contribution in [0.3, 0.4) is 0 Å². The van der Waals surface area contributed by atoms with Crippen molar-refractivity contribution in [2.45, 2.75) is 44.1 Å². The van der Waals surface area contributed by atoms with Gasteiger partial charge in [-0.25, -0.2) is 0 Å². The van der Waals surface area contributed by atoms with E-state index in [1.165, 1.54) is 37.9 Å². The quantitative estimate of drug-likeness (QED) is 0.842. The molecule has 3 fully saturated rings. The van der Waals surface area contributed by atoms with Gasteiger partial charge < -0.3 is 14.9 Å². The highest BCUT2D eigenvalue weighted by atomic mass is 16.3. The van der Waals surface area contributed by atoms with Crippen molar-refractivity contribution in [2.75, 3.05) is 52.9 Å². The molecule has 154 valence electrons. The Balaban J connectivity index is 1.34. The van der Waals surface area contributed by atoms with Gasteiger partial charge in [-0.1, -0.05) is 30.3 Å². The Morgan fingerprint density at radius 1 is 1.00 bits per heavy atom. The summed E-state index contributed by atoms with van der Waals surface area (Å²) in [5, 5.41) is 11.3. The number of nitrogens with zero attached hydrogens (tertiary/aromatic N) is 3. The van der Waals surface area contributed by atoms with E-state index >= 15 is 0 Å². The maximum atomic E-state index is 13.1. The van der Waals surface area contributed by atoms with Crippen LogP contribution in [0.5, 0.6) is 0 Å². The predicted molar refractivity (Wildman–Crippen MR) is 111 cm³/mol. The molecule has 5 heteroatoms. The second-order valence-electron chi connectivity index (χ2n) is 9.43. The summed E-state index contributed by atoms with van der Waals surface area (Å²) in [6.07, 6.45) is 6.04. The first-order valence-electron chi connectivity index (χ1n) is 10.9. The van der Waals surface area contributed by atoms with Gasteiger partial charge in [0.25, 0.3) is 5.91 Å². The number of likely N-dealkylation sites (tertiary alicyclic amines) is 3. The monoisotopic (exact) mass is 385 g/mol. The molecule has 0 bridgehead atoms. The van der Waals surface area contributed by atoms with Gasteiger partial charge in [-0.3, -0.25) is 9.69 Å². The number of hydrogen-bond acceptors (Lipinski definition) is 4. The molecule has 1 aromatic carbocycles. The van der Waals surface area contributed by atoms with Crippen LogP contribution in [0.2, 0.25) is 0 Å². The maximum Gasteiger partial charge on any atom is 0.255 e. The Bertz CT molecular complexity index is 672. The van der Waals surface area contributed by atoms with Gasteiger partial charge in [-0.05, 0) is 76.2 Å². The van der Waals surface area contributed by atoms with Gasteiger partial charge in [-0.15, -0.1) is 0 Å².